The van der Waals surface area contributed by atoms with Gasteiger partial charge in [-0.3, -0.25) is 4.40 Å². The first kappa shape index (κ1) is 15.4. The van der Waals surface area contributed by atoms with Gasteiger partial charge in [0.1, 0.15) is 17.0 Å². The maximum absolute atomic E-state index is 13.9. The molecular weight excluding hydrogens is 343 g/mol. The van der Waals surface area contributed by atoms with Crippen molar-refractivity contribution in [3.8, 4) is 11.1 Å². The number of hydrogen-bond acceptors (Lipinski definition) is 3. The largest absolute Gasteiger partial charge is 0.420 e. The van der Waals surface area contributed by atoms with Crippen LogP contribution in [-0.2, 0) is 12.6 Å². The minimum atomic E-state index is -4.55. The van der Waals surface area contributed by atoms with Crippen molar-refractivity contribution < 1.29 is 13.2 Å². The van der Waals surface area contributed by atoms with Gasteiger partial charge in [-0.05, 0) is 37.0 Å². The summed E-state index contributed by atoms with van der Waals surface area (Å²) in [4.78, 5) is 7.15. The molecule has 0 aliphatic heterocycles. The zero-order chi connectivity index (χ0) is 17.9. The molecular formula is C18H14F3N5. The Hall–Kier alpha value is -2.90. The van der Waals surface area contributed by atoms with Crippen LogP contribution in [-0.4, -0.2) is 24.6 Å². The minimum Gasteiger partial charge on any atom is -0.346 e. The summed E-state index contributed by atoms with van der Waals surface area (Å²) >= 11 is 0. The van der Waals surface area contributed by atoms with Crippen LogP contribution in [0, 0.1) is 5.92 Å². The number of rotatable bonds is 3. The molecule has 5 rings (SSSR count). The molecule has 0 amide bonds. The van der Waals surface area contributed by atoms with Gasteiger partial charge >= 0.3 is 6.18 Å². The first-order valence-electron chi connectivity index (χ1n) is 8.38. The number of alkyl halides is 3. The number of H-pyrrole nitrogens is 1. The Bertz CT molecular complexity index is 1120. The van der Waals surface area contributed by atoms with Crippen LogP contribution in [0.3, 0.4) is 0 Å². The maximum Gasteiger partial charge on any atom is 0.420 e. The lowest BCUT2D eigenvalue weighted by Crippen LogP contribution is -2.11. The fourth-order valence-electron chi connectivity index (χ4n) is 3.33. The average molecular weight is 357 g/mol. The van der Waals surface area contributed by atoms with Gasteiger partial charge in [-0.25, -0.2) is 4.98 Å². The zero-order valence-electron chi connectivity index (χ0n) is 13.6. The van der Waals surface area contributed by atoms with Crippen molar-refractivity contribution in [1.82, 2.24) is 24.6 Å². The van der Waals surface area contributed by atoms with Crippen LogP contribution >= 0.6 is 0 Å². The predicted molar refractivity (Wildman–Crippen MR) is 89.5 cm³/mol. The predicted octanol–water partition coefficient (Wildman–Crippen LogP) is 4.24. The molecule has 8 heteroatoms. The normalized spacial score (nSPS) is 15.2. The third-order valence-electron chi connectivity index (χ3n) is 4.81. The van der Waals surface area contributed by atoms with E-state index in [1.165, 1.54) is 16.7 Å². The number of hydrogen-bond donors (Lipinski definition) is 1. The topological polar surface area (TPSA) is 58.9 Å². The Balaban J connectivity index is 1.73. The lowest BCUT2D eigenvalue weighted by Gasteiger charge is -2.14. The van der Waals surface area contributed by atoms with Crippen LogP contribution < -0.4 is 0 Å². The van der Waals surface area contributed by atoms with Crippen molar-refractivity contribution in [1.29, 1.82) is 0 Å². The van der Waals surface area contributed by atoms with Gasteiger partial charge in [0.25, 0.3) is 0 Å². The molecule has 1 aliphatic carbocycles. The Labute approximate surface area is 145 Å². The first-order chi connectivity index (χ1) is 12.5. The Morgan fingerprint density at radius 1 is 1.19 bits per heavy atom. The summed E-state index contributed by atoms with van der Waals surface area (Å²) in [5, 5.41) is 8.65. The number of aromatic amines is 1. The van der Waals surface area contributed by atoms with E-state index in [9.17, 15) is 13.2 Å². The van der Waals surface area contributed by atoms with Gasteiger partial charge in [0, 0.05) is 41.5 Å². The average Bonchev–Trinajstić information content (AvgIpc) is 3.14. The lowest BCUT2D eigenvalue weighted by molar-refractivity contribution is -0.136. The van der Waals surface area contributed by atoms with E-state index in [0.29, 0.717) is 29.4 Å². The third-order valence-corrected chi connectivity index (χ3v) is 4.81. The fourth-order valence-corrected chi connectivity index (χ4v) is 3.33. The zero-order valence-corrected chi connectivity index (χ0v) is 13.6. The van der Waals surface area contributed by atoms with Crippen LogP contribution in [0.2, 0.25) is 0 Å². The smallest absolute Gasteiger partial charge is 0.346 e. The van der Waals surface area contributed by atoms with Gasteiger partial charge in [0.15, 0.2) is 5.65 Å². The van der Waals surface area contributed by atoms with E-state index in [1.807, 2.05) is 0 Å². The maximum atomic E-state index is 13.9. The number of nitrogens with one attached hydrogen (secondary N) is 1. The number of fused-ring (bicyclic) bond motifs is 2. The number of nitrogens with zero attached hydrogens (tertiary/aromatic N) is 4. The molecule has 0 radical (unpaired) electrons. The molecule has 0 spiro atoms. The van der Waals surface area contributed by atoms with Crippen LogP contribution in [0.1, 0.15) is 24.2 Å². The van der Waals surface area contributed by atoms with Crippen molar-refractivity contribution in [3.05, 3.63) is 48.2 Å². The van der Waals surface area contributed by atoms with Gasteiger partial charge < -0.3 is 4.98 Å². The van der Waals surface area contributed by atoms with Crippen molar-refractivity contribution >= 4 is 16.7 Å². The lowest BCUT2D eigenvalue weighted by atomic mass is 10.0. The van der Waals surface area contributed by atoms with E-state index in [2.05, 4.69) is 20.2 Å². The molecule has 4 heterocycles. The summed E-state index contributed by atoms with van der Waals surface area (Å²) in [5.41, 5.74) is 0.174. The van der Waals surface area contributed by atoms with Crippen LogP contribution in [0.5, 0.6) is 0 Å². The number of pyridine rings is 2. The third kappa shape index (κ3) is 2.44. The molecule has 4 aromatic heterocycles. The molecule has 5 nitrogen and oxygen atoms in total. The molecule has 26 heavy (non-hydrogen) atoms. The highest BCUT2D eigenvalue weighted by molar-refractivity contribution is 5.83. The minimum absolute atomic E-state index is 0.0611. The van der Waals surface area contributed by atoms with Crippen molar-refractivity contribution in [3.63, 3.8) is 0 Å². The SMILES string of the molecule is FC(F)(F)c1c(-c2cnc3[nH]ccc3c2)ccn2c(CC3CC3)nnc12. The molecule has 1 aliphatic rings. The van der Waals surface area contributed by atoms with E-state index < -0.39 is 11.7 Å². The molecule has 0 saturated heterocycles. The second-order valence-corrected chi connectivity index (χ2v) is 6.70. The van der Waals surface area contributed by atoms with Gasteiger partial charge in [0.05, 0.1) is 0 Å². The highest BCUT2D eigenvalue weighted by atomic mass is 19.4. The summed E-state index contributed by atoms with van der Waals surface area (Å²) in [6.07, 6.45) is 3.09. The summed E-state index contributed by atoms with van der Waals surface area (Å²) in [6.45, 7) is 0. The summed E-state index contributed by atoms with van der Waals surface area (Å²) in [6, 6.07) is 4.95. The molecule has 0 atom stereocenters. The van der Waals surface area contributed by atoms with E-state index in [-0.39, 0.29) is 11.2 Å². The second kappa shape index (κ2) is 5.30. The van der Waals surface area contributed by atoms with Gasteiger partial charge in [-0.2, -0.15) is 13.2 Å². The number of halogens is 3. The van der Waals surface area contributed by atoms with E-state index in [0.717, 1.165) is 18.2 Å². The molecule has 1 saturated carbocycles. The van der Waals surface area contributed by atoms with Crippen LogP contribution in [0.4, 0.5) is 13.2 Å². The van der Waals surface area contributed by atoms with Crippen molar-refractivity contribution in [2.24, 2.45) is 5.92 Å². The monoisotopic (exact) mass is 357 g/mol. The van der Waals surface area contributed by atoms with Crippen molar-refractivity contribution in [2.45, 2.75) is 25.4 Å². The van der Waals surface area contributed by atoms with Crippen LogP contribution in [0.15, 0.2) is 36.8 Å². The molecule has 132 valence electrons. The first-order valence-corrected chi connectivity index (χ1v) is 8.38. The highest BCUT2D eigenvalue weighted by Crippen LogP contribution is 2.40. The Morgan fingerprint density at radius 2 is 2.04 bits per heavy atom. The highest BCUT2D eigenvalue weighted by Gasteiger charge is 2.38. The second-order valence-electron chi connectivity index (χ2n) is 6.70. The Kier molecular flexibility index (Phi) is 3.13. The van der Waals surface area contributed by atoms with E-state index in [1.54, 1.807) is 24.5 Å². The fraction of sp³-hybridized carbons (Fsp3) is 0.278. The van der Waals surface area contributed by atoms with Gasteiger partial charge in [0.2, 0.25) is 0 Å². The van der Waals surface area contributed by atoms with Gasteiger partial charge in [-0.15, -0.1) is 10.2 Å². The summed E-state index contributed by atoms with van der Waals surface area (Å²) in [7, 11) is 0. The van der Waals surface area contributed by atoms with Crippen molar-refractivity contribution in [2.75, 3.05) is 0 Å². The Morgan fingerprint density at radius 3 is 2.81 bits per heavy atom. The summed E-state index contributed by atoms with van der Waals surface area (Å²) < 4.78 is 43.1. The molecule has 1 N–H and O–H groups in total. The molecule has 0 aromatic carbocycles. The summed E-state index contributed by atoms with van der Waals surface area (Å²) in [5.74, 6) is 1.09. The molecule has 0 bridgehead atoms. The van der Waals surface area contributed by atoms with E-state index >= 15 is 0 Å². The molecule has 1 fully saturated rings. The molecule has 0 unspecified atom stereocenters. The quantitative estimate of drug-likeness (QED) is 0.596. The molecule has 4 aromatic rings. The van der Waals surface area contributed by atoms with E-state index in [4.69, 9.17) is 0 Å². The standard InChI is InChI=1S/C18H14F3N5/c19-18(20,21)15-13(12-8-11-3-5-22-16(11)23-9-12)4-6-26-14(7-10-1-2-10)24-25-17(15)26/h3-6,8-10H,1-2,7H2,(H,22,23). The van der Waals surface area contributed by atoms with Gasteiger partial charge in [-0.1, -0.05) is 0 Å². The number of aromatic nitrogens is 5. The van der Waals surface area contributed by atoms with Crippen LogP contribution in [0.25, 0.3) is 27.8 Å².